The molecule has 0 bridgehead atoms. The molecule has 0 unspecified atom stereocenters. The van der Waals surface area contributed by atoms with Gasteiger partial charge in [-0.1, -0.05) is 71.1 Å². The Morgan fingerprint density at radius 3 is 1.82 bits per heavy atom. The second kappa shape index (κ2) is 21.5. The zero-order chi connectivity index (χ0) is 24.7. The topological polar surface area (TPSA) is 166 Å². The fraction of sp³-hybridized carbons (Fsp3) is 0.833. The van der Waals surface area contributed by atoms with E-state index in [0.717, 1.165) is 12.8 Å². The van der Waals surface area contributed by atoms with Gasteiger partial charge in [0.25, 0.3) is 0 Å². The number of rotatable bonds is 22. The van der Waals surface area contributed by atoms with Gasteiger partial charge in [0.2, 0.25) is 17.7 Å². The molecule has 0 aromatic carbocycles. The molecule has 0 aliphatic heterocycles. The Bertz CT molecular complexity index is 564. The van der Waals surface area contributed by atoms with Crippen LogP contribution in [0.1, 0.15) is 110 Å². The predicted octanol–water partition coefficient (Wildman–Crippen LogP) is 2.61. The average Bonchev–Trinajstić information content (AvgIpc) is 2.76. The first-order valence-electron chi connectivity index (χ1n) is 12.8. The van der Waals surface area contributed by atoms with Crippen LogP contribution in [0.2, 0.25) is 0 Å². The van der Waals surface area contributed by atoms with Crippen molar-refractivity contribution in [1.82, 2.24) is 10.6 Å². The Labute approximate surface area is 200 Å². The van der Waals surface area contributed by atoms with E-state index in [2.05, 4.69) is 22.5 Å². The summed E-state index contributed by atoms with van der Waals surface area (Å²) >= 11 is 0. The van der Waals surface area contributed by atoms with Crippen LogP contribution in [0.15, 0.2) is 4.99 Å². The summed E-state index contributed by atoms with van der Waals surface area (Å²) in [4.78, 5) is 39.3. The normalized spacial score (nSPS) is 11.5. The molecule has 0 heterocycles. The van der Waals surface area contributed by atoms with E-state index in [1.807, 2.05) is 0 Å². The van der Waals surface area contributed by atoms with Crippen LogP contribution in [-0.2, 0) is 14.4 Å². The highest BCUT2D eigenvalue weighted by molar-refractivity contribution is 5.86. The van der Waals surface area contributed by atoms with Crippen LogP contribution in [0.4, 0.5) is 0 Å². The maximum atomic E-state index is 12.0. The number of amides is 3. The summed E-state index contributed by atoms with van der Waals surface area (Å²) in [6.07, 6.45) is 16.0. The van der Waals surface area contributed by atoms with E-state index in [-0.39, 0.29) is 24.2 Å². The summed E-state index contributed by atoms with van der Waals surface area (Å²) < 4.78 is 0. The minimum Gasteiger partial charge on any atom is -0.370 e. The quantitative estimate of drug-likeness (QED) is 0.0934. The molecule has 1 atom stereocenters. The van der Waals surface area contributed by atoms with Crippen LogP contribution in [0.3, 0.4) is 0 Å². The predicted molar refractivity (Wildman–Crippen MR) is 134 cm³/mol. The average molecular weight is 469 g/mol. The van der Waals surface area contributed by atoms with Gasteiger partial charge in [0.05, 0.1) is 0 Å². The molecule has 8 N–H and O–H groups in total. The lowest BCUT2D eigenvalue weighted by molar-refractivity contribution is -0.127. The van der Waals surface area contributed by atoms with Crippen molar-refractivity contribution in [3.8, 4) is 0 Å². The zero-order valence-corrected chi connectivity index (χ0v) is 20.7. The van der Waals surface area contributed by atoms with Crippen molar-refractivity contribution < 1.29 is 14.4 Å². The highest BCUT2D eigenvalue weighted by Gasteiger charge is 2.17. The number of carbonyl (C=O) groups excluding carboxylic acids is 3. The molecule has 0 radical (unpaired) electrons. The van der Waals surface area contributed by atoms with Gasteiger partial charge in [-0.15, -0.1) is 0 Å². The van der Waals surface area contributed by atoms with Crippen LogP contribution in [0.5, 0.6) is 0 Å². The number of primary amides is 1. The van der Waals surface area contributed by atoms with Gasteiger partial charge in [-0.3, -0.25) is 19.4 Å². The highest BCUT2D eigenvalue weighted by Crippen LogP contribution is 2.11. The SMILES string of the molecule is CCCCCCCCCCCCCC(=O)NCCCC(=O)N[C@@H](CCCN=C(N)N)C(N)=O. The summed E-state index contributed by atoms with van der Waals surface area (Å²) in [6.45, 7) is 3.05. The van der Waals surface area contributed by atoms with E-state index in [1.165, 1.54) is 57.8 Å². The van der Waals surface area contributed by atoms with E-state index in [9.17, 15) is 14.4 Å². The van der Waals surface area contributed by atoms with Crippen LogP contribution in [0, 0.1) is 0 Å². The molecular formula is C24H48N6O3. The molecule has 0 aromatic rings. The maximum absolute atomic E-state index is 12.0. The first-order valence-corrected chi connectivity index (χ1v) is 12.8. The first-order chi connectivity index (χ1) is 15.9. The minimum atomic E-state index is -0.748. The molecule has 0 saturated heterocycles. The van der Waals surface area contributed by atoms with Crippen molar-refractivity contribution in [2.75, 3.05) is 13.1 Å². The van der Waals surface area contributed by atoms with Gasteiger partial charge in [-0.25, -0.2) is 0 Å². The highest BCUT2D eigenvalue weighted by atomic mass is 16.2. The molecule has 9 nitrogen and oxygen atoms in total. The number of nitrogens with one attached hydrogen (secondary N) is 2. The third-order valence-electron chi connectivity index (χ3n) is 5.53. The number of carbonyl (C=O) groups is 3. The molecule has 3 amide bonds. The molecule has 0 aliphatic carbocycles. The number of hydrogen-bond acceptors (Lipinski definition) is 4. The van der Waals surface area contributed by atoms with Crippen molar-refractivity contribution in [1.29, 1.82) is 0 Å². The number of guanidine groups is 1. The maximum Gasteiger partial charge on any atom is 0.240 e. The Kier molecular flexibility index (Phi) is 20.0. The number of nitrogens with zero attached hydrogens (tertiary/aromatic N) is 1. The number of aliphatic imine (C=N–C) groups is 1. The molecule has 0 aromatic heterocycles. The second-order valence-electron chi connectivity index (χ2n) is 8.71. The molecule has 192 valence electrons. The molecule has 0 spiro atoms. The molecule has 33 heavy (non-hydrogen) atoms. The second-order valence-corrected chi connectivity index (χ2v) is 8.71. The van der Waals surface area contributed by atoms with Crippen LogP contribution >= 0.6 is 0 Å². The minimum absolute atomic E-state index is 0.0137. The van der Waals surface area contributed by atoms with Gasteiger partial charge in [0.1, 0.15) is 6.04 Å². The van der Waals surface area contributed by atoms with Crippen molar-refractivity contribution in [2.45, 2.75) is 116 Å². The third-order valence-corrected chi connectivity index (χ3v) is 5.53. The number of nitrogens with two attached hydrogens (primary N) is 3. The van der Waals surface area contributed by atoms with Crippen LogP contribution in [0.25, 0.3) is 0 Å². The largest absolute Gasteiger partial charge is 0.370 e. The fourth-order valence-electron chi connectivity index (χ4n) is 3.57. The third kappa shape index (κ3) is 21.3. The van der Waals surface area contributed by atoms with Crippen LogP contribution in [-0.4, -0.2) is 42.8 Å². The summed E-state index contributed by atoms with van der Waals surface area (Å²) in [5.41, 5.74) is 15.8. The van der Waals surface area contributed by atoms with Crippen molar-refractivity contribution in [2.24, 2.45) is 22.2 Å². The van der Waals surface area contributed by atoms with E-state index in [0.29, 0.717) is 38.8 Å². The van der Waals surface area contributed by atoms with Gasteiger partial charge < -0.3 is 27.8 Å². The molecule has 0 fully saturated rings. The zero-order valence-electron chi connectivity index (χ0n) is 20.7. The Balaban J connectivity index is 3.67. The van der Waals surface area contributed by atoms with Gasteiger partial charge in [0, 0.05) is 25.9 Å². The molecule has 0 rings (SSSR count). The van der Waals surface area contributed by atoms with Crippen molar-refractivity contribution in [3.05, 3.63) is 0 Å². The van der Waals surface area contributed by atoms with E-state index < -0.39 is 11.9 Å². The van der Waals surface area contributed by atoms with Crippen LogP contribution < -0.4 is 27.8 Å². The molecule has 0 aliphatic rings. The summed E-state index contributed by atoms with van der Waals surface area (Å²) in [7, 11) is 0. The van der Waals surface area contributed by atoms with E-state index >= 15 is 0 Å². The Hall–Kier alpha value is -2.32. The van der Waals surface area contributed by atoms with Gasteiger partial charge in [-0.05, 0) is 25.7 Å². The Morgan fingerprint density at radius 1 is 0.727 bits per heavy atom. The van der Waals surface area contributed by atoms with Gasteiger partial charge in [0.15, 0.2) is 5.96 Å². The summed E-state index contributed by atoms with van der Waals surface area (Å²) in [5.74, 6) is -0.838. The standard InChI is InChI=1S/C24H48N6O3/c1-2-3-4-5-6-7-8-9-10-11-12-16-21(31)28-18-14-17-22(32)30-20(23(25)33)15-13-19-29-24(26)27/h20H,2-19H2,1H3,(H2,25,33)(H,28,31)(H,30,32)(H4,26,27,29)/t20-/m0/s1. The lowest BCUT2D eigenvalue weighted by Crippen LogP contribution is -2.44. The first kappa shape index (κ1) is 30.7. The molecular weight excluding hydrogens is 420 g/mol. The summed E-state index contributed by atoms with van der Waals surface area (Å²) in [6, 6.07) is -0.748. The van der Waals surface area contributed by atoms with Gasteiger partial charge >= 0.3 is 0 Å². The number of hydrogen-bond donors (Lipinski definition) is 5. The molecule has 0 saturated carbocycles. The fourth-order valence-corrected chi connectivity index (χ4v) is 3.57. The number of unbranched alkanes of at least 4 members (excludes halogenated alkanes) is 10. The van der Waals surface area contributed by atoms with E-state index in [4.69, 9.17) is 17.2 Å². The van der Waals surface area contributed by atoms with Crippen molar-refractivity contribution >= 4 is 23.7 Å². The van der Waals surface area contributed by atoms with Gasteiger partial charge in [-0.2, -0.15) is 0 Å². The molecule has 9 heteroatoms. The lowest BCUT2D eigenvalue weighted by atomic mass is 10.1. The summed E-state index contributed by atoms with van der Waals surface area (Å²) in [5, 5.41) is 5.48. The lowest BCUT2D eigenvalue weighted by Gasteiger charge is -2.15. The smallest absolute Gasteiger partial charge is 0.240 e. The van der Waals surface area contributed by atoms with E-state index in [1.54, 1.807) is 0 Å². The monoisotopic (exact) mass is 468 g/mol. The van der Waals surface area contributed by atoms with Crippen molar-refractivity contribution in [3.63, 3.8) is 0 Å². The Morgan fingerprint density at radius 2 is 1.27 bits per heavy atom.